The van der Waals surface area contributed by atoms with Crippen LogP contribution < -0.4 is 10.6 Å². The quantitative estimate of drug-likeness (QED) is 0.659. The van der Waals surface area contributed by atoms with E-state index in [0.717, 1.165) is 5.56 Å². The maximum atomic E-state index is 12.6. The van der Waals surface area contributed by atoms with Crippen molar-refractivity contribution in [1.29, 1.82) is 0 Å². The number of aliphatic carboxylic acids is 1. The number of nitrogens with one attached hydrogen (secondary N) is 2. The molecule has 92 valence electrons. The van der Waals surface area contributed by atoms with Crippen molar-refractivity contribution in [3.8, 4) is 0 Å². The third-order valence-electron chi connectivity index (χ3n) is 1.96. The lowest BCUT2D eigenvalue weighted by Crippen LogP contribution is -2.35. The Balaban J connectivity index is 2.23. The number of hydrogen-bond donors (Lipinski definition) is 3. The van der Waals surface area contributed by atoms with E-state index in [1.54, 1.807) is 12.1 Å². The van der Waals surface area contributed by atoms with Gasteiger partial charge in [-0.25, -0.2) is 4.39 Å². The largest absolute Gasteiger partial charge is 0.480 e. The molecule has 0 heterocycles. The summed E-state index contributed by atoms with van der Waals surface area (Å²) in [6.45, 7) is -0.0364. The lowest BCUT2D eigenvalue weighted by molar-refractivity contribution is -0.136. The predicted octanol–water partition coefficient (Wildman–Crippen LogP) is 0.116. The number of carbonyl (C=O) groups is 2. The Bertz CT molecular complexity index is 392. The van der Waals surface area contributed by atoms with Crippen LogP contribution in [0.25, 0.3) is 0 Å². The average molecular weight is 240 g/mol. The van der Waals surface area contributed by atoms with Gasteiger partial charge in [-0.3, -0.25) is 14.9 Å². The number of carbonyl (C=O) groups excluding carboxylic acids is 1. The molecular formula is C11H13FN2O3. The number of carboxylic acid groups (broad SMARTS) is 1. The van der Waals surface area contributed by atoms with Gasteiger partial charge in [0.15, 0.2) is 0 Å². The molecule has 1 rings (SSSR count). The van der Waals surface area contributed by atoms with Gasteiger partial charge in [0, 0.05) is 6.54 Å². The van der Waals surface area contributed by atoms with Gasteiger partial charge in [0.05, 0.1) is 13.1 Å². The first-order valence-corrected chi connectivity index (χ1v) is 5.01. The number of carboxylic acids is 1. The van der Waals surface area contributed by atoms with Gasteiger partial charge in [0.2, 0.25) is 5.91 Å². The zero-order valence-electron chi connectivity index (χ0n) is 9.07. The third kappa shape index (κ3) is 5.62. The van der Waals surface area contributed by atoms with Gasteiger partial charge >= 0.3 is 5.97 Å². The summed E-state index contributed by atoms with van der Waals surface area (Å²) in [7, 11) is 0. The summed E-state index contributed by atoms with van der Waals surface area (Å²) in [5, 5.41) is 13.4. The molecule has 0 saturated carbocycles. The topological polar surface area (TPSA) is 78.4 Å². The molecule has 0 bridgehead atoms. The van der Waals surface area contributed by atoms with E-state index in [-0.39, 0.29) is 31.4 Å². The van der Waals surface area contributed by atoms with E-state index in [1.807, 2.05) is 0 Å². The molecule has 1 aromatic rings. The standard InChI is InChI=1S/C11H13FN2O3/c12-9-3-1-8(2-4-9)5-14-10(15)6-13-7-11(16)17/h1-4,13H,5-7H2,(H,14,15)(H,16,17). The molecule has 0 aliphatic rings. The smallest absolute Gasteiger partial charge is 0.317 e. The van der Waals surface area contributed by atoms with Crippen LogP contribution in [-0.4, -0.2) is 30.1 Å². The molecule has 1 amide bonds. The van der Waals surface area contributed by atoms with Crippen LogP contribution in [0.4, 0.5) is 4.39 Å². The maximum absolute atomic E-state index is 12.6. The van der Waals surface area contributed by atoms with Crippen LogP contribution in [0, 0.1) is 5.82 Å². The maximum Gasteiger partial charge on any atom is 0.317 e. The summed E-state index contributed by atoms with van der Waals surface area (Å²) in [5.74, 6) is -1.66. The fraction of sp³-hybridized carbons (Fsp3) is 0.273. The molecule has 17 heavy (non-hydrogen) atoms. The lowest BCUT2D eigenvalue weighted by Gasteiger charge is -2.05. The summed E-state index contributed by atoms with van der Waals surface area (Å²) in [5.41, 5.74) is 0.776. The molecule has 0 fully saturated rings. The van der Waals surface area contributed by atoms with Gasteiger partial charge in [0.25, 0.3) is 0 Å². The van der Waals surface area contributed by atoms with E-state index in [9.17, 15) is 14.0 Å². The Morgan fingerprint density at radius 3 is 2.41 bits per heavy atom. The SMILES string of the molecule is O=C(O)CNCC(=O)NCc1ccc(F)cc1. The van der Waals surface area contributed by atoms with Crippen molar-refractivity contribution >= 4 is 11.9 Å². The van der Waals surface area contributed by atoms with Crippen LogP contribution in [0.15, 0.2) is 24.3 Å². The highest BCUT2D eigenvalue weighted by Gasteiger charge is 2.02. The first kappa shape index (κ1) is 13.1. The summed E-state index contributed by atoms with van der Waals surface area (Å²) in [6.07, 6.45) is 0. The highest BCUT2D eigenvalue weighted by atomic mass is 19.1. The summed E-state index contributed by atoms with van der Waals surface area (Å²) in [6, 6.07) is 5.76. The second kappa shape index (κ2) is 6.59. The number of hydrogen-bond acceptors (Lipinski definition) is 3. The van der Waals surface area contributed by atoms with Crippen LogP contribution in [-0.2, 0) is 16.1 Å². The second-order valence-electron chi connectivity index (χ2n) is 3.40. The normalized spacial score (nSPS) is 9.94. The third-order valence-corrected chi connectivity index (χ3v) is 1.96. The average Bonchev–Trinajstić information content (AvgIpc) is 2.28. The highest BCUT2D eigenvalue weighted by molar-refractivity contribution is 5.78. The molecular weight excluding hydrogens is 227 g/mol. The molecule has 0 saturated heterocycles. The van der Waals surface area contributed by atoms with Crippen molar-refractivity contribution in [3.05, 3.63) is 35.6 Å². The van der Waals surface area contributed by atoms with E-state index in [0.29, 0.717) is 0 Å². The molecule has 0 aliphatic heterocycles. The van der Waals surface area contributed by atoms with Gasteiger partial charge in [-0.1, -0.05) is 12.1 Å². The fourth-order valence-corrected chi connectivity index (χ4v) is 1.15. The van der Waals surface area contributed by atoms with E-state index in [4.69, 9.17) is 5.11 Å². The van der Waals surface area contributed by atoms with Crippen molar-refractivity contribution in [2.24, 2.45) is 0 Å². The second-order valence-corrected chi connectivity index (χ2v) is 3.40. The molecule has 1 aromatic carbocycles. The zero-order valence-corrected chi connectivity index (χ0v) is 9.07. The van der Waals surface area contributed by atoms with E-state index < -0.39 is 5.97 Å². The Labute approximate surface area is 97.6 Å². The van der Waals surface area contributed by atoms with Crippen LogP contribution in [0.5, 0.6) is 0 Å². The molecule has 0 atom stereocenters. The highest BCUT2D eigenvalue weighted by Crippen LogP contribution is 2.01. The minimum atomic E-state index is -1.02. The monoisotopic (exact) mass is 240 g/mol. The van der Waals surface area contributed by atoms with Crippen LogP contribution in [0.1, 0.15) is 5.56 Å². The first-order valence-electron chi connectivity index (χ1n) is 5.01. The summed E-state index contributed by atoms with van der Waals surface area (Å²) in [4.78, 5) is 21.4. The van der Waals surface area contributed by atoms with E-state index >= 15 is 0 Å². The Kier molecular flexibility index (Phi) is 5.09. The molecule has 0 spiro atoms. The molecule has 0 aromatic heterocycles. The van der Waals surface area contributed by atoms with Crippen molar-refractivity contribution in [2.75, 3.05) is 13.1 Å². The zero-order chi connectivity index (χ0) is 12.7. The first-order chi connectivity index (χ1) is 8.08. The molecule has 0 radical (unpaired) electrons. The number of rotatable bonds is 6. The molecule has 0 unspecified atom stereocenters. The van der Waals surface area contributed by atoms with Crippen LogP contribution >= 0.6 is 0 Å². The van der Waals surface area contributed by atoms with Crippen molar-refractivity contribution < 1.29 is 19.1 Å². The predicted molar refractivity (Wildman–Crippen MR) is 58.8 cm³/mol. The minimum Gasteiger partial charge on any atom is -0.480 e. The minimum absolute atomic E-state index is 0.0620. The van der Waals surface area contributed by atoms with Crippen molar-refractivity contribution in [1.82, 2.24) is 10.6 Å². The van der Waals surface area contributed by atoms with E-state index in [1.165, 1.54) is 12.1 Å². The Morgan fingerprint density at radius 2 is 1.82 bits per heavy atom. The number of benzene rings is 1. The number of amides is 1. The van der Waals surface area contributed by atoms with E-state index in [2.05, 4.69) is 10.6 Å². The van der Waals surface area contributed by atoms with Crippen LogP contribution in [0.2, 0.25) is 0 Å². The Hall–Kier alpha value is -1.95. The lowest BCUT2D eigenvalue weighted by atomic mass is 10.2. The van der Waals surface area contributed by atoms with Gasteiger partial charge < -0.3 is 10.4 Å². The van der Waals surface area contributed by atoms with Gasteiger partial charge in [-0.05, 0) is 17.7 Å². The molecule has 5 nitrogen and oxygen atoms in total. The van der Waals surface area contributed by atoms with Crippen molar-refractivity contribution in [2.45, 2.75) is 6.54 Å². The van der Waals surface area contributed by atoms with Crippen molar-refractivity contribution in [3.63, 3.8) is 0 Å². The van der Waals surface area contributed by atoms with Gasteiger partial charge in [0.1, 0.15) is 5.82 Å². The Morgan fingerprint density at radius 1 is 1.18 bits per heavy atom. The fourth-order valence-electron chi connectivity index (χ4n) is 1.15. The molecule has 6 heteroatoms. The van der Waals surface area contributed by atoms with Gasteiger partial charge in [-0.2, -0.15) is 0 Å². The molecule has 0 aliphatic carbocycles. The number of halogens is 1. The van der Waals surface area contributed by atoms with Gasteiger partial charge in [-0.15, -0.1) is 0 Å². The molecule has 3 N–H and O–H groups in total. The van der Waals surface area contributed by atoms with Crippen LogP contribution in [0.3, 0.4) is 0 Å². The summed E-state index contributed by atoms with van der Waals surface area (Å²) >= 11 is 0. The summed E-state index contributed by atoms with van der Waals surface area (Å²) < 4.78 is 12.6.